The van der Waals surface area contributed by atoms with Crippen molar-refractivity contribution in [3.63, 3.8) is 0 Å². The minimum absolute atomic E-state index is 0.177. The lowest BCUT2D eigenvalue weighted by Gasteiger charge is -2.29. The standard InChI is InChI=1S/C17H22N2O2/c18-12-14(17(20)19-8-4-1-5-9-19)11-15-10-13-6-2-3-7-16(13)21-15/h2-3,6-7,10,14H,1,4-5,8-9,11-12,18H2. The Morgan fingerprint density at radius 3 is 2.71 bits per heavy atom. The first kappa shape index (κ1) is 14.1. The molecule has 2 aromatic rings. The van der Waals surface area contributed by atoms with E-state index in [1.54, 1.807) is 0 Å². The Kier molecular flexibility index (Phi) is 4.25. The molecule has 3 rings (SSSR count). The van der Waals surface area contributed by atoms with Crippen LogP contribution >= 0.6 is 0 Å². The molecule has 1 aliphatic rings. The Bertz CT molecular complexity index is 581. The summed E-state index contributed by atoms with van der Waals surface area (Å²) in [6, 6.07) is 9.92. The lowest BCUT2D eigenvalue weighted by molar-refractivity contribution is -0.136. The highest BCUT2D eigenvalue weighted by molar-refractivity contribution is 5.80. The van der Waals surface area contributed by atoms with E-state index in [1.165, 1.54) is 6.42 Å². The van der Waals surface area contributed by atoms with Crippen molar-refractivity contribution in [1.29, 1.82) is 0 Å². The van der Waals surface area contributed by atoms with Gasteiger partial charge in [-0.3, -0.25) is 4.79 Å². The molecule has 4 nitrogen and oxygen atoms in total. The van der Waals surface area contributed by atoms with Crippen LogP contribution in [0, 0.1) is 5.92 Å². The van der Waals surface area contributed by atoms with Crippen LogP contribution in [0.2, 0.25) is 0 Å². The molecule has 0 aliphatic carbocycles. The van der Waals surface area contributed by atoms with E-state index < -0.39 is 0 Å². The Labute approximate surface area is 124 Å². The Hall–Kier alpha value is -1.81. The van der Waals surface area contributed by atoms with Crippen LogP contribution in [0.1, 0.15) is 25.0 Å². The number of benzene rings is 1. The van der Waals surface area contributed by atoms with Gasteiger partial charge in [-0.15, -0.1) is 0 Å². The summed E-state index contributed by atoms with van der Waals surface area (Å²) in [6.07, 6.45) is 4.02. The summed E-state index contributed by atoms with van der Waals surface area (Å²) in [5.41, 5.74) is 6.70. The summed E-state index contributed by atoms with van der Waals surface area (Å²) in [4.78, 5) is 14.5. The maximum absolute atomic E-state index is 12.6. The quantitative estimate of drug-likeness (QED) is 0.939. The van der Waals surface area contributed by atoms with E-state index in [9.17, 15) is 4.79 Å². The maximum atomic E-state index is 12.6. The second-order valence-electron chi connectivity index (χ2n) is 5.77. The number of amides is 1. The molecule has 0 bridgehead atoms. The SMILES string of the molecule is NCC(Cc1cc2ccccc2o1)C(=O)N1CCCCC1. The average molecular weight is 286 g/mol. The highest BCUT2D eigenvalue weighted by Crippen LogP contribution is 2.22. The largest absolute Gasteiger partial charge is 0.461 e. The van der Waals surface area contributed by atoms with Gasteiger partial charge in [0.05, 0.1) is 5.92 Å². The lowest BCUT2D eigenvalue weighted by Crippen LogP contribution is -2.42. The number of carbonyl (C=O) groups is 1. The molecule has 2 heterocycles. The summed E-state index contributed by atoms with van der Waals surface area (Å²) in [6.45, 7) is 2.11. The van der Waals surface area contributed by atoms with E-state index in [4.69, 9.17) is 10.2 Å². The zero-order valence-corrected chi connectivity index (χ0v) is 12.3. The lowest BCUT2D eigenvalue weighted by atomic mass is 10.0. The molecule has 1 aromatic heterocycles. The molecule has 0 saturated carbocycles. The number of nitrogens with two attached hydrogens (primary N) is 1. The topological polar surface area (TPSA) is 59.5 Å². The molecular weight excluding hydrogens is 264 g/mol. The van der Waals surface area contributed by atoms with Crippen LogP contribution in [-0.4, -0.2) is 30.4 Å². The monoisotopic (exact) mass is 286 g/mol. The fraction of sp³-hybridized carbons (Fsp3) is 0.471. The van der Waals surface area contributed by atoms with Crippen molar-refractivity contribution in [2.45, 2.75) is 25.7 Å². The van der Waals surface area contributed by atoms with Gasteiger partial charge >= 0.3 is 0 Å². The van der Waals surface area contributed by atoms with Crippen molar-refractivity contribution in [3.05, 3.63) is 36.1 Å². The average Bonchev–Trinajstić information content (AvgIpc) is 2.95. The van der Waals surface area contributed by atoms with Gasteiger partial charge in [0.1, 0.15) is 11.3 Å². The Balaban J connectivity index is 1.72. The van der Waals surface area contributed by atoms with E-state index in [0.29, 0.717) is 13.0 Å². The minimum atomic E-state index is -0.177. The Morgan fingerprint density at radius 1 is 1.24 bits per heavy atom. The number of furan rings is 1. The van der Waals surface area contributed by atoms with Crippen molar-refractivity contribution in [1.82, 2.24) is 4.90 Å². The van der Waals surface area contributed by atoms with Crippen LogP contribution in [0.4, 0.5) is 0 Å². The van der Waals surface area contributed by atoms with Crippen LogP contribution in [0.5, 0.6) is 0 Å². The molecule has 1 aliphatic heterocycles. The van der Waals surface area contributed by atoms with Crippen molar-refractivity contribution in [3.8, 4) is 0 Å². The number of likely N-dealkylation sites (tertiary alicyclic amines) is 1. The normalized spacial score (nSPS) is 17.1. The summed E-state index contributed by atoms with van der Waals surface area (Å²) in [5.74, 6) is 0.846. The van der Waals surface area contributed by atoms with Crippen LogP contribution < -0.4 is 5.73 Å². The number of hydrogen-bond donors (Lipinski definition) is 1. The molecule has 0 radical (unpaired) electrons. The van der Waals surface area contributed by atoms with Crippen LogP contribution in [-0.2, 0) is 11.2 Å². The van der Waals surface area contributed by atoms with Gasteiger partial charge in [0, 0.05) is 31.4 Å². The number of rotatable bonds is 4. The molecule has 112 valence electrons. The van der Waals surface area contributed by atoms with Crippen molar-refractivity contribution in [2.24, 2.45) is 11.7 Å². The molecule has 1 atom stereocenters. The van der Waals surface area contributed by atoms with Gasteiger partial charge in [0.25, 0.3) is 0 Å². The third-order valence-corrected chi connectivity index (χ3v) is 4.23. The molecule has 0 spiro atoms. The first-order chi connectivity index (χ1) is 10.3. The summed E-state index contributed by atoms with van der Waals surface area (Å²) < 4.78 is 5.81. The summed E-state index contributed by atoms with van der Waals surface area (Å²) in [5, 5.41) is 1.08. The third kappa shape index (κ3) is 3.10. The van der Waals surface area contributed by atoms with Crippen molar-refractivity contribution >= 4 is 16.9 Å². The zero-order valence-electron chi connectivity index (χ0n) is 12.3. The van der Waals surface area contributed by atoms with E-state index >= 15 is 0 Å². The Morgan fingerprint density at radius 2 is 2.00 bits per heavy atom. The molecule has 1 fully saturated rings. The summed E-state index contributed by atoms with van der Waals surface area (Å²) >= 11 is 0. The minimum Gasteiger partial charge on any atom is -0.461 e. The molecule has 1 aromatic carbocycles. The van der Waals surface area contributed by atoms with E-state index in [-0.39, 0.29) is 11.8 Å². The van der Waals surface area contributed by atoms with Gasteiger partial charge in [-0.05, 0) is 31.4 Å². The number of piperidine rings is 1. The fourth-order valence-corrected chi connectivity index (χ4v) is 3.02. The van der Waals surface area contributed by atoms with Gasteiger partial charge in [0.15, 0.2) is 0 Å². The van der Waals surface area contributed by atoms with Gasteiger partial charge in [-0.1, -0.05) is 18.2 Å². The molecule has 2 N–H and O–H groups in total. The first-order valence-corrected chi connectivity index (χ1v) is 7.74. The highest BCUT2D eigenvalue weighted by atomic mass is 16.3. The van der Waals surface area contributed by atoms with Crippen molar-refractivity contribution < 1.29 is 9.21 Å². The van der Waals surface area contributed by atoms with Gasteiger partial charge in [-0.2, -0.15) is 0 Å². The molecular formula is C17H22N2O2. The number of nitrogens with zero attached hydrogens (tertiary/aromatic N) is 1. The zero-order chi connectivity index (χ0) is 14.7. The van der Waals surface area contributed by atoms with Gasteiger partial charge in [-0.25, -0.2) is 0 Å². The van der Waals surface area contributed by atoms with E-state index in [1.807, 2.05) is 35.2 Å². The molecule has 4 heteroatoms. The number of carbonyl (C=O) groups excluding carboxylic acids is 1. The summed E-state index contributed by atoms with van der Waals surface area (Å²) in [7, 11) is 0. The van der Waals surface area contributed by atoms with Gasteiger partial charge in [0.2, 0.25) is 5.91 Å². The second kappa shape index (κ2) is 6.31. The van der Waals surface area contributed by atoms with Crippen LogP contribution in [0.3, 0.4) is 0 Å². The molecule has 1 unspecified atom stereocenters. The highest BCUT2D eigenvalue weighted by Gasteiger charge is 2.25. The number of hydrogen-bond acceptors (Lipinski definition) is 3. The van der Waals surface area contributed by atoms with Crippen LogP contribution in [0.15, 0.2) is 34.7 Å². The van der Waals surface area contributed by atoms with Gasteiger partial charge < -0.3 is 15.1 Å². The predicted octanol–water partition coefficient (Wildman–Crippen LogP) is 2.56. The predicted molar refractivity (Wildman–Crippen MR) is 82.9 cm³/mol. The third-order valence-electron chi connectivity index (χ3n) is 4.23. The maximum Gasteiger partial charge on any atom is 0.227 e. The molecule has 21 heavy (non-hydrogen) atoms. The molecule has 1 saturated heterocycles. The smallest absolute Gasteiger partial charge is 0.227 e. The van der Waals surface area contributed by atoms with Crippen LogP contribution in [0.25, 0.3) is 11.0 Å². The number of para-hydroxylation sites is 1. The fourth-order valence-electron chi connectivity index (χ4n) is 3.02. The molecule has 1 amide bonds. The second-order valence-corrected chi connectivity index (χ2v) is 5.77. The van der Waals surface area contributed by atoms with E-state index in [2.05, 4.69) is 0 Å². The first-order valence-electron chi connectivity index (χ1n) is 7.74. The number of fused-ring (bicyclic) bond motifs is 1. The van der Waals surface area contributed by atoms with E-state index in [0.717, 1.165) is 42.7 Å². The van der Waals surface area contributed by atoms with Crippen molar-refractivity contribution in [2.75, 3.05) is 19.6 Å².